The topological polar surface area (TPSA) is 87.4 Å². The van der Waals surface area contributed by atoms with E-state index in [0.717, 1.165) is 24.5 Å². The van der Waals surface area contributed by atoms with Gasteiger partial charge in [0.1, 0.15) is 17.2 Å². The molecule has 0 spiro atoms. The molecule has 0 fully saturated rings. The number of hydrogen-bond donors (Lipinski definition) is 4. The highest BCUT2D eigenvalue weighted by Gasteiger charge is 2.38. The maximum absolute atomic E-state index is 11.1. The summed E-state index contributed by atoms with van der Waals surface area (Å²) in [5.74, 6) is -0.0500. The maximum Gasteiger partial charge on any atom is 0.155 e. The van der Waals surface area contributed by atoms with E-state index in [9.17, 15) is 20.4 Å². The van der Waals surface area contributed by atoms with Crippen LogP contribution in [0.1, 0.15) is 33.3 Å². The average Bonchev–Trinajstić information content (AvgIpc) is 2.84. The summed E-state index contributed by atoms with van der Waals surface area (Å²) in [4.78, 5) is 3.87. The zero-order chi connectivity index (χ0) is 26.0. The van der Waals surface area contributed by atoms with Crippen LogP contribution < -0.4 is 9.80 Å². The van der Waals surface area contributed by atoms with Crippen LogP contribution in [-0.4, -0.2) is 33.5 Å². The van der Waals surface area contributed by atoms with Crippen LogP contribution >= 0.6 is 0 Å². The molecule has 0 saturated heterocycles. The number of anilines is 3. The molecule has 188 valence electrons. The Balaban J connectivity index is 1.74. The summed E-state index contributed by atoms with van der Waals surface area (Å²) in [6, 6.07) is 21.9. The molecule has 1 aliphatic carbocycles. The van der Waals surface area contributed by atoms with Crippen molar-refractivity contribution in [1.29, 1.82) is 0 Å². The van der Waals surface area contributed by atoms with Crippen molar-refractivity contribution >= 4 is 22.6 Å². The van der Waals surface area contributed by atoms with Crippen molar-refractivity contribution in [2.45, 2.75) is 27.7 Å². The van der Waals surface area contributed by atoms with Gasteiger partial charge in [-0.1, -0.05) is 64.1 Å². The number of rotatable bonds is 9. The minimum absolute atomic E-state index is 0.00705. The molecular formula is C30H34N2O4. The number of nitrogens with zero attached hydrogens (tertiary/aromatic N) is 2. The molecule has 1 aliphatic rings. The van der Waals surface area contributed by atoms with Crippen molar-refractivity contribution in [3.8, 4) is 11.5 Å². The van der Waals surface area contributed by atoms with Crippen molar-refractivity contribution in [3.63, 3.8) is 0 Å². The van der Waals surface area contributed by atoms with Gasteiger partial charge in [-0.3, -0.25) is 0 Å². The average molecular weight is 487 g/mol. The summed E-state index contributed by atoms with van der Waals surface area (Å²) in [6.45, 7) is 10.0. The number of aromatic hydroxyl groups is 2. The summed E-state index contributed by atoms with van der Waals surface area (Å²) in [5.41, 5.74) is 2.41. The Morgan fingerprint density at radius 2 is 1.06 bits per heavy atom. The van der Waals surface area contributed by atoms with E-state index in [1.54, 1.807) is 17.0 Å². The van der Waals surface area contributed by atoms with E-state index in [0.29, 0.717) is 17.5 Å². The summed E-state index contributed by atoms with van der Waals surface area (Å²) in [5, 5.41) is 44.2. The highest BCUT2D eigenvalue weighted by molar-refractivity contribution is 5.97. The molecule has 3 aromatic carbocycles. The van der Waals surface area contributed by atoms with Gasteiger partial charge in [0.15, 0.2) is 11.5 Å². The monoisotopic (exact) mass is 486 g/mol. The number of para-hydroxylation sites is 2. The van der Waals surface area contributed by atoms with E-state index >= 15 is 0 Å². The molecule has 6 nitrogen and oxygen atoms in total. The highest BCUT2D eigenvalue weighted by atomic mass is 16.3. The van der Waals surface area contributed by atoms with Gasteiger partial charge in [0, 0.05) is 42.3 Å². The Labute approximate surface area is 212 Å². The van der Waals surface area contributed by atoms with Crippen LogP contribution in [0.15, 0.2) is 90.0 Å². The highest BCUT2D eigenvalue weighted by Crippen LogP contribution is 2.50. The van der Waals surface area contributed by atoms with Gasteiger partial charge in [-0.15, -0.1) is 0 Å². The fourth-order valence-electron chi connectivity index (χ4n) is 4.61. The third-order valence-corrected chi connectivity index (χ3v) is 6.04. The molecule has 0 aromatic heterocycles. The zero-order valence-corrected chi connectivity index (χ0v) is 21.2. The summed E-state index contributed by atoms with van der Waals surface area (Å²) < 4.78 is 0. The number of allylic oxidation sites excluding steroid dienone is 1. The van der Waals surface area contributed by atoms with Gasteiger partial charge in [-0.25, -0.2) is 0 Å². The van der Waals surface area contributed by atoms with E-state index in [1.807, 2.05) is 60.7 Å². The Morgan fingerprint density at radius 1 is 0.611 bits per heavy atom. The van der Waals surface area contributed by atoms with Gasteiger partial charge in [0.2, 0.25) is 0 Å². The van der Waals surface area contributed by atoms with Gasteiger partial charge in [0.05, 0.1) is 11.1 Å². The van der Waals surface area contributed by atoms with E-state index < -0.39 is 0 Å². The molecule has 0 aliphatic heterocycles. The molecule has 0 bridgehead atoms. The number of hydrogen-bond acceptors (Lipinski definition) is 6. The molecule has 0 amide bonds. The largest absolute Gasteiger partial charge is 0.507 e. The van der Waals surface area contributed by atoms with Gasteiger partial charge in [-0.05, 0) is 36.1 Å². The molecule has 4 N–H and O–H groups in total. The fraction of sp³-hybridized carbons (Fsp3) is 0.267. The zero-order valence-electron chi connectivity index (χ0n) is 21.2. The number of aliphatic hydroxyl groups excluding tert-OH is 2. The normalized spacial score (nSPS) is 13.4. The van der Waals surface area contributed by atoms with Crippen LogP contribution in [0.25, 0.3) is 5.57 Å². The van der Waals surface area contributed by atoms with Crippen LogP contribution in [-0.2, 0) is 0 Å². The second-order valence-electron chi connectivity index (χ2n) is 9.98. The van der Waals surface area contributed by atoms with E-state index in [-0.39, 0.29) is 39.9 Å². The van der Waals surface area contributed by atoms with Crippen molar-refractivity contribution in [2.24, 2.45) is 11.8 Å². The Kier molecular flexibility index (Phi) is 7.15. The molecule has 6 heteroatoms. The molecule has 0 saturated carbocycles. The standard InChI is InChI=1S/C30H34N2O4/c1-19(2)17-31(18-20(3)4)23-15-24(33)26(25(34)16-23)27-29(35)28(30(27)36)32(21-11-7-5-8-12-21)22-13-9-6-10-14-22/h5-16,19-20,33-36H,17-18H2,1-4H3. The Bertz CT molecular complexity index is 1210. The predicted octanol–water partition coefficient (Wildman–Crippen LogP) is 7.11. The SMILES string of the molecule is CC(C)CN(CC(C)C)c1cc(O)c(C2=C(O)C(N(c3ccccc3)c3ccccc3)=C2O)c(O)c1. The molecule has 3 aromatic rings. The molecule has 36 heavy (non-hydrogen) atoms. The second-order valence-corrected chi connectivity index (χ2v) is 9.98. The Morgan fingerprint density at radius 3 is 1.44 bits per heavy atom. The third kappa shape index (κ3) is 4.85. The number of benzene rings is 3. The number of phenols is 2. The Hall–Kier alpha value is -4.06. The van der Waals surface area contributed by atoms with Crippen LogP contribution in [0.3, 0.4) is 0 Å². The van der Waals surface area contributed by atoms with Crippen molar-refractivity contribution in [3.05, 3.63) is 95.6 Å². The first-order valence-corrected chi connectivity index (χ1v) is 12.3. The fourth-order valence-corrected chi connectivity index (χ4v) is 4.61. The summed E-state index contributed by atoms with van der Waals surface area (Å²) >= 11 is 0. The van der Waals surface area contributed by atoms with Crippen LogP contribution in [0.2, 0.25) is 0 Å². The lowest BCUT2D eigenvalue weighted by molar-refractivity contribution is 0.362. The maximum atomic E-state index is 11.1. The number of phenolic OH excluding ortho intramolecular Hbond substituents is 2. The van der Waals surface area contributed by atoms with E-state index in [2.05, 4.69) is 32.6 Å². The minimum Gasteiger partial charge on any atom is -0.507 e. The molecule has 0 heterocycles. The van der Waals surface area contributed by atoms with Crippen LogP contribution in [0.4, 0.5) is 17.1 Å². The first-order chi connectivity index (χ1) is 17.2. The lowest BCUT2D eigenvalue weighted by Gasteiger charge is -2.34. The first kappa shape index (κ1) is 25.0. The molecular weight excluding hydrogens is 452 g/mol. The predicted molar refractivity (Wildman–Crippen MR) is 146 cm³/mol. The van der Waals surface area contributed by atoms with E-state index in [1.165, 1.54) is 0 Å². The molecule has 4 rings (SSSR count). The van der Waals surface area contributed by atoms with Crippen molar-refractivity contribution < 1.29 is 20.4 Å². The summed E-state index contributed by atoms with van der Waals surface area (Å²) in [6.07, 6.45) is 0. The van der Waals surface area contributed by atoms with Crippen molar-refractivity contribution in [1.82, 2.24) is 0 Å². The first-order valence-electron chi connectivity index (χ1n) is 12.3. The van der Waals surface area contributed by atoms with Gasteiger partial charge in [-0.2, -0.15) is 0 Å². The number of aliphatic hydroxyl groups is 2. The summed E-state index contributed by atoms with van der Waals surface area (Å²) in [7, 11) is 0. The molecule has 0 atom stereocenters. The molecule has 0 unspecified atom stereocenters. The van der Waals surface area contributed by atoms with Gasteiger partial charge >= 0.3 is 0 Å². The minimum atomic E-state index is -0.209. The van der Waals surface area contributed by atoms with E-state index in [4.69, 9.17) is 0 Å². The lowest BCUT2D eigenvalue weighted by atomic mass is 9.89. The quantitative estimate of drug-likeness (QED) is 0.258. The molecule has 0 radical (unpaired) electrons. The second kappa shape index (κ2) is 10.3. The third-order valence-electron chi connectivity index (χ3n) is 6.04. The van der Waals surface area contributed by atoms with Crippen molar-refractivity contribution in [2.75, 3.05) is 22.9 Å². The lowest BCUT2D eigenvalue weighted by Crippen LogP contribution is -2.31. The van der Waals surface area contributed by atoms with Crippen LogP contribution in [0.5, 0.6) is 11.5 Å². The van der Waals surface area contributed by atoms with Gasteiger partial charge in [0.25, 0.3) is 0 Å². The van der Waals surface area contributed by atoms with Gasteiger partial charge < -0.3 is 30.2 Å². The van der Waals surface area contributed by atoms with Crippen LogP contribution in [0, 0.1) is 11.8 Å². The smallest absolute Gasteiger partial charge is 0.155 e.